The van der Waals surface area contributed by atoms with Gasteiger partial charge in [0.25, 0.3) is 10.0 Å². The average Bonchev–Trinajstić information content (AvgIpc) is 2.78. The van der Waals surface area contributed by atoms with Crippen molar-refractivity contribution in [3.8, 4) is 0 Å². The molecule has 0 aliphatic rings. The van der Waals surface area contributed by atoms with Gasteiger partial charge in [-0.1, -0.05) is 6.92 Å². The number of hydrogen-bond donors (Lipinski definition) is 2. The molecule has 0 saturated heterocycles. The molecule has 0 radical (unpaired) electrons. The van der Waals surface area contributed by atoms with Crippen molar-refractivity contribution in [3.63, 3.8) is 0 Å². The lowest BCUT2D eigenvalue weighted by atomic mass is 10.3. The first kappa shape index (κ1) is 13.5. The molecular formula is C11H11F2N3O2S. The fraction of sp³-hybridized carbons (Fsp3) is 0.182. The van der Waals surface area contributed by atoms with E-state index in [1.807, 2.05) is 6.92 Å². The van der Waals surface area contributed by atoms with Crippen LogP contribution in [0.15, 0.2) is 29.3 Å². The van der Waals surface area contributed by atoms with Gasteiger partial charge in [0, 0.05) is 5.56 Å². The summed E-state index contributed by atoms with van der Waals surface area (Å²) in [6.07, 6.45) is 2.00. The number of aromatic amines is 1. The Balaban J connectivity index is 2.41. The van der Waals surface area contributed by atoms with Gasteiger partial charge in [-0.2, -0.15) is 5.10 Å². The SMILES string of the molecule is CCc1cn[nH]c1NS(=O)(=O)c1cc(F)ccc1F. The summed E-state index contributed by atoms with van der Waals surface area (Å²) < 4.78 is 52.6. The molecule has 1 aromatic heterocycles. The van der Waals surface area contributed by atoms with E-state index in [1.54, 1.807) is 0 Å². The minimum Gasteiger partial charge on any atom is -0.263 e. The summed E-state index contributed by atoms with van der Waals surface area (Å²) in [5, 5.41) is 6.15. The summed E-state index contributed by atoms with van der Waals surface area (Å²) in [6, 6.07) is 2.24. The molecule has 5 nitrogen and oxygen atoms in total. The maximum absolute atomic E-state index is 13.5. The van der Waals surface area contributed by atoms with Crippen molar-refractivity contribution in [1.82, 2.24) is 10.2 Å². The summed E-state index contributed by atoms with van der Waals surface area (Å²) in [4.78, 5) is -0.746. The number of aromatic nitrogens is 2. The van der Waals surface area contributed by atoms with Crippen LogP contribution in [0.2, 0.25) is 0 Å². The third kappa shape index (κ3) is 2.73. The molecule has 0 aliphatic heterocycles. The maximum Gasteiger partial charge on any atom is 0.266 e. The normalized spacial score (nSPS) is 11.5. The van der Waals surface area contributed by atoms with E-state index < -0.39 is 26.6 Å². The molecule has 0 saturated carbocycles. The van der Waals surface area contributed by atoms with Crippen LogP contribution in [0.4, 0.5) is 14.6 Å². The molecule has 0 fully saturated rings. The van der Waals surface area contributed by atoms with Gasteiger partial charge in [0.05, 0.1) is 6.20 Å². The van der Waals surface area contributed by atoms with Gasteiger partial charge in [0.15, 0.2) is 0 Å². The second kappa shape index (κ2) is 4.96. The van der Waals surface area contributed by atoms with E-state index in [-0.39, 0.29) is 5.82 Å². The summed E-state index contributed by atoms with van der Waals surface area (Å²) in [7, 11) is -4.21. The van der Waals surface area contributed by atoms with Gasteiger partial charge in [0.1, 0.15) is 22.3 Å². The third-order valence-corrected chi connectivity index (χ3v) is 3.88. The van der Waals surface area contributed by atoms with Gasteiger partial charge in [0.2, 0.25) is 0 Å². The van der Waals surface area contributed by atoms with Crippen molar-refractivity contribution < 1.29 is 17.2 Å². The van der Waals surface area contributed by atoms with Gasteiger partial charge in [-0.15, -0.1) is 0 Å². The van der Waals surface area contributed by atoms with Crippen LogP contribution in [-0.2, 0) is 16.4 Å². The number of benzene rings is 1. The summed E-state index contributed by atoms with van der Waals surface area (Å²) in [6.45, 7) is 1.81. The number of halogens is 2. The Labute approximate surface area is 108 Å². The molecule has 8 heteroatoms. The Morgan fingerprint density at radius 3 is 2.79 bits per heavy atom. The zero-order valence-corrected chi connectivity index (χ0v) is 10.8. The Morgan fingerprint density at radius 1 is 1.37 bits per heavy atom. The third-order valence-electron chi connectivity index (χ3n) is 2.52. The van der Waals surface area contributed by atoms with E-state index in [9.17, 15) is 17.2 Å². The number of H-pyrrole nitrogens is 1. The first-order valence-electron chi connectivity index (χ1n) is 5.44. The van der Waals surface area contributed by atoms with E-state index in [4.69, 9.17) is 0 Å². The summed E-state index contributed by atoms with van der Waals surface area (Å²) in [5.74, 6) is -1.71. The minimum absolute atomic E-state index is 0.145. The fourth-order valence-corrected chi connectivity index (χ4v) is 2.69. The van der Waals surface area contributed by atoms with Crippen LogP contribution in [0.3, 0.4) is 0 Å². The van der Waals surface area contributed by atoms with Crippen molar-refractivity contribution in [2.24, 2.45) is 0 Å². The van der Waals surface area contributed by atoms with E-state index in [2.05, 4.69) is 14.9 Å². The summed E-state index contributed by atoms with van der Waals surface area (Å²) in [5.41, 5.74) is 0.625. The zero-order chi connectivity index (χ0) is 14.0. The number of rotatable bonds is 4. The van der Waals surface area contributed by atoms with Crippen molar-refractivity contribution >= 4 is 15.8 Å². The molecule has 1 aromatic carbocycles. The lowest BCUT2D eigenvalue weighted by Gasteiger charge is -2.08. The average molecular weight is 287 g/mol. The van der Waals surface area contributed by atoms with E-state index >= 15 is 0 Å². The Hall–Kier alpha value is -1.96. The predicted octanol–water partition coefficient (Wildman–Crippen LogP) is 2.05. The minimum atomic E-state index is -4.21. The lowest BCUT2D eigenvalue weighted by molar-refractivity contribution is 0.555. The molecule has 2 N–H and O–H groups in total. The molecule has 0 spiro atoms. The van der Waals surface area contributed by atoms with Crippen LogP contribution in [0, 0.1) is 11.6 Å². The van der Waals surface area contributed by atoms with Crippen LogP contribution in [-0.4, -0.2) is 18.6 Å². The van der Waals surface area contributed by atoms with Crippen LogP contribution >= 0.6 is 0 Å². The highest BCUT2D eigenvalue weighted by molar-refractivity contribution is 7.92. The van der Waals surface area contributed by atoms with Crippen molar-refractivity contribution in [2.75, 3.05) is 4.72 Å². The quantitative estimate of drug-likeness (QED) is 0.903. The highest BCUT2D eigenvalue weighted by Gasteiger charge is 2.21. The molecule has 0 aliphatic carbocycles. The summed E-state index contributed by atoms with van der Waals surface area (Å²) >= 11 is 0. The highest BCUT2D eigenvalue weighted by atomic mass is 32.2. The smallest absolute Gasteiger partial charge is 0.263 e. The predicted molar refractivity (Wildman–Crippen MR) is 65.1 cm³/mol. The molecule has 19 heavy (non-hydrogen) atoms. The van der Waals surface area contributed by atoms with Crippen molar-refractivity contribution in [2.45, 2.75) is 18.2 Å². The molecule has 102 valence electrons. The molecule has 0 atom stereocenters. The molecule has 2 rings (SSSR count). The van der Waals surface area contributed by atoms with Crippen molar-refractivity contribution in [3.05, 3.63) is 41.6 Å². The number of sulfonamides is 1. The first-order valence-corrected chi connectivity index (χ1v) is 6.92. The zero-order valence-electron chi connectivity index (χ0n) is 9.94. The van der Waals surface area contributed by atoms with Crippen LogP contribution in [0.5, 0.6) is 0 Å². The lowest BCUT2D eigenvalue weighted by Crippen LogP contribution is -2.16. The monoisotopic (exact) mass is 287 g/mol. The topological polar surface area (TPSA) is 74.8 Å². The number of aryl methyl sites for hydroxylation is 1. The maximum atomic E-state index is 13.5. The van der Waals surface area contributed by atoms with Crippen molar-refractivity contribution in [1.29, 1.82) is 0 Å². The van der Waals surface area contributed by atoms with E-state index in [0.29, 0.717) is 18.1 Å². The molecule has 2 aromatic rings. The van der Waals surface area contributed by atoms with Crippen LogP contribution in [0.25, 0.3) is 0 Å². The molecular weight excluding hydrogens is 276 g/mol. The number of hydrogen-bond acceptors (Lipinski definition) is 3. The van der Waals surface area contributed by atoms with Gasteiger partial charge in [-0.25, -0.2) is 17.2 Å². The highest BCUT2D eigenvalue weighted by Crippen LogP contribution is 2.20. The standard InChI is InChI=1S/C11H11F2N3O2S/c1-2-7-6-14-15-11(7)16-19(17,18)10-5-8(12)3-4-9(10)13/h3-6H,2H2,1H3,(H2,14,15,16). The molecule has 1 heterocycles. The molecule has 0 unspecified atom stereocenters. The number of nitrogens with zero attached hydrogens (tertiary/aromatic N) is 1. The Bertz CT molecular complexity index is 698. The van der Waals surface area contributed by atoms with E-state index in [1.165, 1.54) is 6.20 Å². The van der Waals surface area contributed by atoms with Gasteiger partial charge >= 0.3 is 0 Å². The van der Waals surface area contributed by atoms with Crippen LogP contribution < -0.4 is 4.72 Å². The second-order valence-corrected chi connectivity index (χ2v) is 5.45. The van der Waals surface area contributed by atoms with Crippen LogP contribution in [0.1, 0.15) is 12.5 Å². The second-order valence-electron chi connectivity index (χ2n) is 3.80. The number of anilines is 1. The first-order chi connectivity index (χ1) is 8.94. The Kier molecular flexibility index (Phi) is 3.52. The van der Waals surface area contributed by atoms with Gasteiger partial charge in [-0.05, 0) is 24.6 Å². The molecule has 0 bridgehead atoms. The number of nitrogens with one attached hydrogen (secondary N) is 2. The van der Waals surface area contributed by atoms with Gasteiger partial charge in [-0.3, -0.25) is 9.82 Å². The van der Waals surface area contributed by atoms with Gasteiger partial charge < -0.3 is 0 Å². The largest absolute Gasteiger partial charge is 0.266 e. The van der Waals surface area contributed by atoms with E-state index in [0.717, 1.165) is 12.1 Å². The fourth-order valence-electron chi connectivity index (χ4n) is 1.54. The Morgan fingerprint density at radius 2 is 2.11 bits per heavy atom. The molecule has 0 amide bonds.